The molecule has 0 aliphatic heterocycles. The van der Waals surface area contributed by atoms with Crippen molar-refractivity contribution in [2.75, 3.05) is 7.11 Å². The fraction of sp³-hybridized carbons (Fsp3) is 0.533. The lowest BCUT2D eigenvalue weighted by Crippen LogP contribution is -2.24. The number of methoxy groups -OCH3 is 1. The second-order valence-electron chi connectivity index (χ2n) is 4.82. The zero-order chi connectivity index (χ0) is 14.4. The van der Waals surface area contributed by atoms with Crippen LogP contribution in [0.3, 0.4) is 0 Å². The van der Waals surface area contributed by atoms with Crippen molar-refractivity contribution in [3.8, 4) is 5.75 Å². The highest BCUT2D eigenvalue weighted by atomic mass is 16.5. The Morgan fingerprint density at radius 1 is 1.37 bits per heavy atom. The number of aliphatic hydroxyl groups is 1. The normalized spacial score (nSPS) is 15.6. The highest BCUT2D eigenvalue weighted by Crippen LogP contribution is 2.36. The van der Waals surface area contributed by atoms with Gasteiger partial charge < -0.3 is 14.9 Å². The number of aliphatic hydroxyl groups excluding tert-OH is 1. The molecule has 4 nitrogen and oxygen atoms in total. The monoisotopic (exact) mass is 266 g/mol. The maximum atomic E-state index is 10.7. The van der Waals surface area contributed by atoms with Gasteiger partial charge in [0.25, 0.3) is 0 Å². The molecule has 3 unspecified atom stereocenters. The Hall–Kier alpha value is -1.55. The zero-order valence-corrected chi connectivity index (χ0v) is 11.7. The lowest BCUT2D eigenvalue weighted by atomic mass is 9.81. The molecule has 0 aliphatic rings. The number of hydrogen-bond acceptors (Lipinski definition) is 3. The van der Waals surface area contributed by atoms with Crippen molar-refractivity contribution in [1.29, 1.82) is 0 Å². The van der Waals surface area contributed by atoms with Gasteiger partial charge in [-0.1, -0.05) is 32.0 Å². The summed E-state index contributed by atoms with van der Waals surface area (Å²) < 4.78 is 5.35. The molecule has 0 spiro atoms. The number of carboxylic acids is 1. The van der Waals surface area contributed by atoms with E-state index in [1.807, 2.05) is 31.2 Å². The van der Waals surface area contributed by atoms with Crippen molar-refractivity contribution in [2.45, 2.75) is 38.7 Å². The molecule has 2 N–H and O–H groups in total. The number of hydrogen-bond donors (Lipinski definition) is 2. The van der Waals surface area contributed by atoms with Crippen LogP contribution in [0.2, 0.25) is 0 Å². The number of aliphatic carboxylic acids is 1. The fourth-order valence-corrected chi connectivity index (χ4v) is 2.52. The summed E-state index contributed by atoms with van der Waals surface area (Å²) in [5.74, 6) is -0.120. The summed E-state index contributed by atoms with van der Waals surface area (Å²) in [7, 11) is 1.63. The van der Waals surface area contributed by atoms with Crippen LogP contribution in [-0.2, 0) is 4.79 Å². The van der Waals surface area contributed by atoms with Gasteiger partial charge in [-0.05, 0) is 36.3 Å². The van der Waals surface area contributed by atoms with Crippen molar-refractivity contribution in [1.82, 2.24) is 0 Å². The smallest absolute Gasteiger partial charge is 0.332 e. The van der Waals surface area contributed by atoms with Gasteiger partial charge in [0.2, 0.25) is 0 Å². The summed E-state index contributed by atoms with van der Waals surface area (Å²) in [6.45, 7) is 4.02. The highest BCUT2D eigenvalue weighted by molar-refractivity contribution is 5.71. The van der Waals surface area contributed by atoms with E-state index in [2.05, 4.69) is 6.92 Å². The second kappa shape index (κ2) is 7.14. The van der Waals surface area contributed by atoms with Gasteiger partial charge in [-0.3, -0.25) is 0 Å². The number of carboxylic acid groups (broad SMARTS) is 1. The Balaban J connectivity index is 2.90. The third-order valence-corrected chi connectivity index (χ3v) is 3.55. The SMILES string of the molecule is CCC(c1ccccc1OC)C(C)CC(O)C(=O)O. The van der Waals surface area contributed by atoms with Crippen LogP contribution in [0.15, 0.2) is 24.3 Å². The van der Waals surface area contributed by atoms with Gasteiger partial charge in [0.15, 0.2) is 6.10 Å². The molecular weight excluding hydrogens is 244 g/mol. The quantitative estimate of drug-likeness (QED) is 0.796. The van der Waals surface area contributed by atoms with Gasteiger partial charge in [-0.2, -0.15) is 0 Å². The Bertz CT molecular complexity index is 416. The van der Waals surface area contributed by atoms with Crippen molar-refractivity contribution < 1.29 is 19.7 Å². The topological polar surface area (TPSA) is 66.8 Å². The molecule has 0 bridgehead atoms. The minimum absolute atomic E-state index is 0.0624. The fourth-order valence-electron chi connectivity index (χ4n) is 2.52. The zero-order valence-electron chi connectivity index (χ0n) is 11.7. The lowest BCUT2D eigenvalue weighted by molar-refractivity contribution is -0.147. The lowest BCUT2D eigenvalue weighted by Gasteiger charge is -2.25. The van der Waals surface area contributed by atoms with E-state index in [0.717, 1.165) is 17.7 Å². The molecule has 1 aromatic rings. The first kappa shape index (κ1) is 15.5. The van der Waals surface area contributed by atoms with E-state index in [-0.39, 0.29) is 18.3 Å². The first-order valence-electron chi connectivity index (χ1n) is 6.55. The second-order valence-corrected chi connectivity index (χ2v) is 4.82. The minimum atomic E-state index is -1.31. The van der Waals surface area contributed by atoms with Crippen molar-refractivity contribution in [2.24, 2.45) is 5.92 Å². The molecule has 106 valence electrons. The third-order valence-electron chi connectivity index (χ3n) is 3.55. The summed E-state index contributed by atoms with van der Waals surface area (Å²) in [6.07, 6.45) is -0.196. The summed E-state index contributed by atoms with van der Waals surface area (Å²) in [4.78, 5) is 10.7. The van der Waals surface area contributed by atoms with Gasteiger partial charge in [0.1, 0.15) is 5.75 Å². The molecule has 1 rings (SSSR count). The standard InChI is InChI=1S/C15H22O4/c1-4-11(10(2)9-13(16)15(17)18)12-7-5-6-8-14(12)19-3/h5-8,10-11,13,16H,4,9H2,1-3H3,(H,17,18). The largest absolute Gasteiger partial charge is 0.496 e. The molecule has 4 heteroatoms. The van der Waals surface area contributed by atoms with E-state index in [1.54, 1.807) is 7.11 Å². The van der Waals surface area contributed by atoms with Gasteiger partial charge in [0.05, 0.1) is 7.11 Å². The average Bonchev–Trinajstić information content (AvgIpc) is 2.39. The summed E-state index contributed by atoms with van der Waals surface area (Å²) in [6, 6.07) is 7.75. The highest BCUT2D eigenvalue weighted by Gasteiger charge is 2.25. The molecule has 0 aliphatic carbocycles. The number of ether oxygens (including phenoxy) is 1. The van der Waals surface area contributed by atoms with Crippen molar-refractivity contribution >= 4 is 5.97 Å². The van der Waals surface area contributed by atoms with Crippen LogP contribution in [-0.4, -0.2) is 29.4 Å². The summed E-state index contributed by atoms with van der Waals surface area (Å²) >= 11 is 0. The molecule has 0 saturated heterocycles. The van der Waals surface area contributed by atoms with Crippen LogP contribution in [0, 0.1) is 5.92 Å². The maximum Gasteiger partial charge on any atom is 0.332 e. The van der Waals surface area contributed by atoms with Crippen molar-refractivity contribution in [3.05, 3.63) is 29.8 Å². The van der Waals surface area contributed by atoms with E-state index >= 15 is 0 Å². The number of para-hydroxylation sites is 1. The molecule has 3 atom stereocenters. The molecule has 0 amide bonds. The predicted molar refractivity (Wildman–Crippen MR) is 73.4 cm³/mol. The number of rotatable bonds is 7. The van der Waals surface area contributed by atoms with Crippen LogP contribution in [0.5, 0.6) is 5.75 Å². The first-order valence-corrected chi connectivity index (χ1v) is 6.55. The summed E-state index contributed by atoms with van der Waals surface area (Å²) in [5.41, 5.74) is 1.07. The van der Waals surface area contributed by atoms with Crippen LogP contribution >= 0.6 is 0 Å². The maximum absolute atomic E-state index is 10.7. The Kier molecular flexibility index (Phi) is 5.83. The van der Waals surface area contributed by atoms with Crippen molar-refractivity contribution in [3.63, 3.8) is 0 Å². The molecule has 0 aromatic heterocycles. The number of benzene rings is 1. The molecule has 0 radical (unpaired) electrons. The van der Waals surface area contributed by atoms with Crippen LogP contribution in [0.1, 0.15) is 38.2 Å². The predicted octanol–water partition coefficient (Wildman–Crippen LogP) is 2.66. The first-order chi connectivity index (χ1) is 9.01. The summed E-state index contributed by atoms with van der Waals surface area (Å²) in [5, 5.41) is 18.3. The molecule has 1 aromatic carbocycles. The van der Waals surface area contributed by atoms with E-state index in [9.17, 15) is 9.90 Å². The molecule has 0 saturated carbocycles. The van der Waals surface area contributed by atoms with Gasteiger partial charge in [-0.25, -0.2) is 4.79 Å². The van der Waals surface area contributed by atoms with Crippen LogP contribution in [0.25, 0.3) is 0 Å². The van der Waals surface area contributed by atoms with E-state index in [4.69, 9.17) is 9.84 Å². The van der Waals surface area contributed by atoms with E-state index in [0.29, 0.717) is 0 Å². The number of carbonyl (C=O) groups is 1. The third kappa shape index (κ3) is 3.96. The Morgan fingerprint density at radius 3 is 2.53 bits per heavy atom. The minimum Gasteiger partial charge on any atom is -0.496 e. The molecular formula is C15H22O4. The van der Waals surface area contributed by atoms with Gasteiger partial charge in [0, 0.05) is 0 Å². The van der Waals surface area contributed by atoms with Crippen LogP contribution in [0.4, 0.5) is 0 Å². The van der Waals surface area contributed by atoms with Gasteiger partial charge >= 0.3 is 5.97 Å². The van der Waals surface area contributed by atoms with E-state index in [1.165, 1.54) is 0 Å². The Labute approximate surface area is 114 Å². The van der Waals surface area contributed by atoms with Crippen LogP contribution < -0.4 is 4.74 Å². The molecule has 0 fully saturated rings. The average molecular weight is 266 g/mol. The molecule has 0 heterocycles. The Morgan fingerprint density at radius 2 is 2.00 bits per heavy atom. The van der Waals surface area contributed by atoms with Gasteiger partial charge in [-0.15, -0.1) is 0 Å². The molecule has 19 heavy (non-hydrogen) atoms. The van der Waals surface area contributed by atoms with E-state index < -0.39 is 12.1 Å².